The van der Waals surface area contributed by atoms with E-state index in [4.69, 9.17) is 11.6 Å². The van der Waals surface area contributed by atoms with Gasteiger partial charge in [-0.1, -0.05) is 60.1 Å². The molecular weight excluding hydrogens is 230 g/mol. The fourth-order valence-corrected chi connectivity index (χ4v) is 1.93. The SMILES string of the molecule is Cc1cccc(C)c1/N=C(\Cl)c1ccccc1. The minimum Gasteiger partial charge on any atom is -0.236 e. The van der Waals surface area contributed by atoms with Crippen LogP contribution >= 0.6 is 11.6 Å². The standard InChI is InChI=1S/C15H14ClN/c1-11-7-6-8-12(2)14(11)17-15(16)13-9-4-3-5-10-13/h3-10H,1-2H3/b17-15-. The number of para-hydroxylation sites is 1. The molecule has 0 aliphatic rings. The highest BCUT2D eigenvalue weighted by Crippen LogP contribution is 2.24. The first kappa shape index (κ1) is 11.9. The lowest BCUT2D eigenvalue weighted by Gasteiger charge is -2.05. The van der Waals surface area contributed by atoms with Gasteiger partial charge in [-0.25, -0.2) is 4.99 Å². The monoisotopic (exact) mass is 243 g/mol. The lowest BCUT2D eigenvalue weighted by molar-refractivity contribution is 1.33. The molecule has 17 heavy (non-hydrogen) atoms. The first-order valence-electron chi connectivity index (χ1n) is 5.54. The lowest BCUT2D eigenvalue weighted by atomic mass is 10.1. The normalized spacial score (nSPS) is 11.6. The van der Waals surface area contributed by atoms with Crippen molar-refractivity contribution in [3.63, 3.8) is 0 Å². The van der Waals surface area contributed by atoms with E-state index in [-0.39, 0.29) is 0 Å². The highest BCUT2D eigenvalue weighted by Gasteiger charge is 2.03. The Hall–Kier alpha value is -1.60. The summed E-state index contributed by atoms with van der Waals surface area (Å²) in [6.45, 7) is 4.09. The van der Waals surface area contributed by atoms with Gasteiger partial charge >= 0.3 is 0 Å². The van der Waals surface area contributed by atoms with Gasteiger partial charge in [0.05, 0.1) is 5.69 Å². The quantitative estimate of drug-likeness (QED) is 0.683. The Morgan fingerprint density at radius 3 is 2.06 bits per heavy atom. The van der Waals surface area contributed by atoms with Crippen LogP contribution in [0.2, 0.25) is 0 Å². The zero-order valence-electron chi connectivity index (χ0n) is 9.94. The third-order valence-corrected chi connectivity index (χ3v) is 2.96. The Balaban J connectivity index is 2.43. The molecule has 86 valence electrons. The summed E-state index contributed by atoms with van der Waals surface area (Å²) in [6, 6.07) is 15.9. The molecular formula is C15H14ClN. The summed E-state index contributed by atoms with van der Waals surface area (Å²) < 4.78 is 0. The fraction of sp³-hybridized carbons (Fsp3) is 0.133. The number of nitrogens with zero attached hydrogens (tertiary/aromatic N) is 1. The summed E-state index contributed by atoms with van der Waals surface area (Å²) in [5, 5.41) is 0.531. The third-order valence-electron chi connectivity index (χ3n) is 2.66. The third kappa shape index (κ3) is 2.75. The van der Waals surface area contributed by atoms with Gasteiger partial charge in [0.1, 0.15) is 5.17 Å². The first-order chi connectivity index (χ1) is 8.18. The van der Waals surface area contributed by atoms with Crippen LogP contribution < -0.4 is 0 Å². The largest absolute Gasteiger partial charge is 0.236 e. The van der Waals surface area contributed by atoms with E-state index in [2.05, 4.69) is 4.99 Å². The maximum absolute atomic E-state index is 6.23. The van der Waals surface area contributed by atoms with E-state index in [1.54, 1.807) is 0 Å². The summed E-state index contributed by atoms with van der Waals surface area (Å²) in [5.74, 6) is 0. The van der Waals surface area contributed by atoms with E-state index in [0.29, 0.717) is 5.17 Å². The second kappa shape index (κ2) is 5.15. The molecule has 0 saturated heterocycles. The Morgan fingerprint density at radius 2 is 1.47 bits per heavy atom. The summed E-state index contributed by atoms with van der Waals surface area (Å²) in [7, 11) is 0. The predicted molar refractivity (Wildman–Crippen MR) is 74.4 cm³/mol. The molecule has 0 heterocycles. The van der Waals surface area contributed by atoms with Crippen LogP contribution in [0.3, 0.4) is 0 Å². The smallest absolute Gasteiger partial charge is 0.136 e. The first-order valence-corrected chi connectivity index (χ1v) is 5.92. The zero-order valence-corrected chi connectivity index (χ0v) is 10.7. The van der Waals surface area contributed by atoms with Crippen LogP contribution in [0.15, 0.2) is 53.5 Å². The van der Waals surface area contributed by atoms with Crippen molar-refractivity contribution in [1.82, 2.24) is 0 Å². The number of hydrogen-bond donors (Lipinski definition) is 0. The Labute approximate surface area is 107 Å². The second-order valence-corrected chi connectivity index (χ2v) is 4.37. The molecule has 2 aromatic carbocycles. The number of benzene rings is 2. The maximum atomic E-state index is 6.23. The molecule has 2 aromatic rings. The van der Waals surface area contributed by atoms with Crippen LogP contribution in [0.4, 0.5) is 5.69 Å². The molecule has 0 aliphatic carbocycles. The maximum Gasteiger partial charge on any atom is 0.136 e. The molecule has 0 spiro atoms. The van der Waals surface area contributed by atoms with Crippen LogP contribution in [0.25, 0.3) is 0 Å². The van der Waals surface area contributed by atoms with Crippen molar-refractivity contribution in [2.24, 2.45) is 4.99 Å². The van der Waals surface area contributed by atoms with Crippen LogP contribution in [-0.4, -0.2) is 5.17 Å². The van der Waals surface area contributed by atoms with Crippen molar-refractivity contribution in [1.29, 1.82) is 0 Å². The molecule has 0 bridgehead atoms. The van der Waals surface area contributed by atoms with E-state index >= 15 is 0 Å². The summed E-state index contributed by atoms with van der Waals surface area (Å²) in [6.07, 6.45) is 0. The number of rotatable bonds is 2. The van der Waals surface area contributed by atoms with Gasteiger partial charge in [0.2, 0.25) is 0 Å². The molecule has 0 N–H and O–H groups in total. The Morgan fingerprint density at radius 1 is 0.882 bits per heavy atom. The zero-order chi connectivity index (χ0) is 12.3. The average molecular weight is 244 g/mol. The van der Waals surface area contributed by atoms with E-state index < -0.39 is 0 Å². The molecule has 2 rings (SSSR count). The van der Waals surface area contributed by atoms with Crippen molar-refractivity contribution in [2.75, 3.05) is 0 Å². The fourth-order valence-electron chi connectivity index (χ4n) is 1.72. The van der Waals surface area contributed by atoms with Gasteiger partial charge in [-0.05, 0) is 25.0 Å². The molecule has 0 amide bonds. The molecule has 0 aliphatic heterocycles. The summed E-state index contributed by atoms with van der Waals surface area (Å²) in [5.41, 5.74) is 4.18. The highest BCUT2D eigenvalue weighted by atomic mass is 35.5. The predicted octanol–water partition coefficient (Wildman–Crippen LogP) is 4.62. The molecule has 1 nitrogen and oxygen atoms in total. The molecule has 0 unspecified atom stereocenters. The number of hydrogen-bond acceptors (Lipinski definition) is 1. The van der Waals surface area contributed by atoms with E-state index in [9.17, 15) is 0 Å². The molecule has 0 fully saturated rings. The van der Waals surface area contributed by atoms with Crippen molar-refractivity contribution < 1.29 is 0 Å². The number of aryl methyl sites for hydroxylation is 2. The molecule has 0 radical (unpaired) electrons. The van der Waals surface area contributed by atoms with Crippen LogP contribution in [0.5, 0.6) is 0 Å². The van der Waals surface area contributed by atoms with Crippen LogP contribution in [-0.2, 0) is 0 Å². The summed E-state index contributed by atoms with van der Waals surface area (Å²) >= 11 is 6.23. The lowest BCUT2D eigenvalue weighted by Crippen LogP contribution is -1.91. The Bertz CT molecular complexity index is 524. The highest BCUT2D eigenvalue weighted by molar-refractivity contribution is 6.69. The summed E-state index contributed by atoms with van der Waals surface area (Å²) in [4.78, 5) is 4.51. The van der Waals surface area contributed by atoms with Gasteiger partial charge in [-0.2, -0.15) is 0 Å². The second-order valence-electron chi connectivity index (χ2n) is 4.01. The van der Waals surface area contributed by atoms with Gasteiger partial charge < -0.3 is 0 Å². The van der Waals surface area contributed by atoms with Gasteiger partial charge in [0, 0.05) is 5.56 Å². The van der Waals surface area contributed by atoms with Crippen LogP contribution in [0.1, 0.15) is 16.7 Å². The van der Waals surface area contributed by atoms with E-state index in [1.807, 2.05) is 62.4 Å². The van der Waals surface area contributed by atoms with Gasteiger partial charge in [0.15, 0.2) is 0 Å². The average Bonchev–Trinajstić information content (AvgIpc) is 2.35. The van der Waals surface area contributed by atoms with E-state index in [0.717, 1.165) is 22.4 Å². The van der Waals surface area contributed by atoms with Gasteiger partial charge in [-0.15, -0.1) is 0 Å². The van der Waals surface area contributed by atoms with E-state index in [1.165, 1.54) is 0 Å². The number of halogens is 1. The van der Waals surface area contributed by atoms with Crippen molar-refractivity contribution in [3.8, 4) is 0 Å². The molecule has 0 saturated carbocycles. The topological polar surface area (TPSA) is 12.4 Å². The van der Waals surface area contributed by atoms with Crippen molar-refractivity contribution >= 4 is 22.5 Å². The van der Waals surface area contributed by atoms with Gasteiger partial charge in [0.25, 0.3) is 0 Å². The minimum atomic E-state index is 0.531. The van der Waals surface area contributed by atoms with Crippen molar-refractivity contribution in [2.45, 2.75) is 13.8 Å². The molecule has 2 heteroatoms. The van der Waals surface area contributed by atoms with Gasteiger partial charge in [-0.3, -0.25) is 0 Å². The Kier molecular flexibility index (Phi) is 3.60. The molecule has 0 atom stereocenters. The van der Waals surface area contributed by atoms with Crippen LogP contribution in [0, 0.1) is 13.8 Å². The minimum absolute atomic E-state index is 0.531. The van der Waals surface area contributed by atoms with Crippen molar-refractivity contribution in [3.05, 3.63) is 65.2 Å². The molecule has 0 aromatic heterocycles. The number of aliphatic imine (C=N–C) groups is 1.